The molecule has 1 N–H and O–H groups in total. The van der Waals surface area contributed by atoms with Crippen molar-refractivity contribution in [2.24, 2.45) is 0 Å². The fourth-order valence-corrected chi connectivity index (χ4v) is 2.57. The zero-order valence-corrected chi connectivity index (χ0v) is 11.9. The number of benzene rings is 2. The molecule has 3 aromatic rings. The van der Waals surface area contributed by atoms with Crippen molar-refractivity contribution in [2.45, 2.75) is 0 Å². The van der Waals surface area contributed by atoms with Crippen LogP contribution in [-0.4, -0.2) is 20.6 Å². The number of carbonyl (C=O) groups is 1. The first-order valence-corrected chi connectivity index (χ1v) is 6.70. The summed E-state index contributed by atoms with van der Waals surface area (Å²) in [6.45, 7) is 0. The van der Waals surface area contributed by atoms with Gasteiger partial charge < -0.3 is 5.11 Å². The van der Waals surface area contributed by atoms with E-state index in [1.165, 1.54) is 0 Å². The summed E-state index contributed by atoms with van der Waals surface area (Å²) in [4.78, 5) is 15.4. The van der Waals surface area contributed by atoms with Crippen molar-refractivity contribution in [1.29, 1.82) is 0 Å². The largest absolute Gasteiger partial charge is 0.478 e. The molecule has 0 amide bonds. The number of imidazole rings is 1. The third-order valence-corrected chi connectivity index (χ3v) is 3.56. The molecule has 0 spiro atoms. The van der Waals surface area contributed by atoms with Crippen LogP contribution in [-0.2, 0) is 0 Å². The molecule has 0 bridgehead atoms. The molecule has 3 rings (SSSR count). The second-order valence-corrected chi connectivity index (χ2v) is 5.32. The Labute approximate surface area is 122 Å². The number of hydrogen-bond donors (Lipinski definition) is 1. The third-order valence-electron chi connectivity index (χ3n) is 2.89. The average molecular weight is 364 g/mol. The van der Waals surface area contributed by atoms with E-state index in [0.29, 0.717) is 5.52 Å². The van der Waals surface area contributed by atoms with E-state index in [1.54, 1.807) is 18.5 Å². The highest BCUT2D eigenvalue weighted by Gasteiger charge is 2.12. The van der Waals surface area contributed by atoms with Crippen molar-refractivity contribution in [3.63, 3.8) is 0 Å². The van der Waals surface area contributed by atoms with Crippen molar-refractivity contribution >= 4 is 39.6 Å². The van der Waals surface area contributed by atoms with E-state index in [4.69, 9.17) is 5.11 Å². The van der Waals surface area contributed by atoms with Crippen molar-refractivity contribution in [2.75, 3.05) is 0 Å². The van der Waals surface area contributed by atoms with Crippen LogP contribution in [0.4, 0.5) is 0 Å². The lowest BCUT2D eigenvalue weighted by atomic mass is 10.2. The molecule has 0 saturated heterocycles. The minimum Gasteiger partial charge on any atom is -0.478 e. The predicted molar refractivity (Wildman–Crippen MR) is 80.7 cm³/mol. The molecule has 1 aromatic heterocycles. The van der Waals surface area contributed by atoms with E-state index < -0.39 is 5.97 Å². The van der Waals surface area contributed by atoms with Crippen molar-refractivity contribution in [3.05, 3.63) is 57.9 Å². The van der Waals surface area contributed by atoms with E-state index in [9.17, 15) is 4.79 Å². The Kier molecular flexibility index (Phi) is 2.98. The molecule has 1 heterocycles. The number of aromatic nitrogens is 2. The van der Waals surface area contributed by atoms with E-state index in [1.807, 2.05) is 34.9 Å². The van der Waals surface area contributed by atoms with E-state index in [2.05, 4.69) is 27.6 Å². The molecule has 4 nitrogen and oxygen atoms in total. The smallest absolute Gasteiger partial charge is 0.337 e. The van der Waals surface area contributed by atoms with Crippen LogP contribution in [0.2, 0.25) is 0 Å². The fourth-order valence-electron chi connectivity index (χ4n) is 2.04. The summed E-state index contributed by atoms with van der Waals surface area (Å²) in [6.07, 6.45) is 1.66. The number of carboxylic acids is 1. The lowest BCUT2D eigenvalue weighted by Gasteiger charge is -2.05. The zero-order valence-electron chi connectivity index (χ0n) is 9.75. The minimum atomic E-state index is -0.960. The summed E-state index contributed by atoms with van der Waals surface area (Å²) in [5.74, 6) is -0.960. The van der Waals surface area contributed by atoms with Crippen molar-refractivity contribution < 1.29 is 9.90 Å². The van der Waals surface area contributed by atoms with Crippen LogP contribution in [0.1, 0.15) is 10.4 Å². The summed E-state index contributed by atoms with van der Waals surface area (Å²) >= 11 is 2.24. The molecule has 0 saturated carbocycles. The highest BCUT2D eigenvalue weighted by molar-refractivity contribution is 14.1. The van der Waals surface area contributed by atoms with Gasteiger partial charge >= 0.3 is 5.97 Å². The molecular weight excluding hydrogens is 355 g/mol. The van der Waals surface area contributed by atoms with E-state index >= 15 is 0 Å². The number of para-hydroxylation sites is 1. The van der Waals surface area contributed by atoms with Crippen LogP contribution in [0.3, 0.4) is 0 Å². The Bertz CT molecular complexity index is 780. The highest BCUT2D eigenvalue weighted by atomic mass is 127. The van der Waals surface area contributed by atoms with Crippen molar-refractivity contribution in [3.8, 4) is 5.69 Å². The molecule has 0 aliphatic heterocycles. The lowest BCUT2D eigenvalue weighted by Crippen LogP contribution is -1.98. The number of nitrogens with zero attached hydrogens (tertiary/aromatic N) is 2. The molecule has 19 heavy (non-hydrogen) atoms. The van der Waals surface area contributed by atoms with Gasteiger partial charge in [0, 0.05) is 9.26 Å². The number of carboxylic acid groups (broad SMARTS) is 1. The van der Waals surface area contributed by atoms with Gasteiger partial charge in [0.05, 0.1) is 11.1 Å². The van der Waals surface area contributed by atoms with Crippen molar-refractivity contribution in [1.82, 2.24) is 9.55 Å². The maximum Gasteiger partial charge on any atom is 0.337 e. The quantitative estimate of drug-likeness (QED) is 0.710. The number of halogens is 1. The van der Waals surface area contributed by atoms with Crippen LogP contribution >= 0.6 is 22.6 Å². The van der Waals surface area contributed by atoms with Gasteiger partial charge in [0.2, 0.25) is 0 Å². The lowest BCUT2D eigenvalue weighted by molar-refractivity contribution is 0.0699. The Morgan fingerprint density at radius 1 is 1.21 bits per heavy atom. The van der Waals surface area contributed by atoms with Crippen LogP contribution in [0.5, 0.6) is 0 Å². The molecule has 0 aliphatic carbocycles. The highest BCUT2D eigenvalue weighted by Crippen LogP contribution is 2.22. The Morgan fingerprint density at radius 3 is 2.74 bits per heavy atom. The van der Waals surface area contributed by atoms with Crippen LogP contribution in [0, 0.1) is 3.57 Å². The molecule has 0 radical (unpaired) electrons. The summed E-state index contributed by atoms with van der Waals surface area (Å²) in [6, 6.07) is 13.1. The first-order valence-electron chi connectivity index (χ1n) is 5.62. The van der Waals surface area contributed by atoms with Gasteiger partial charge in [0.1, 0.15) is 11.8 Å². The van der Waals surface area contributed by atoms with Crippen LogP contribution in [0.25, 0.3) is 16.7 Å². The van der Waals surface area contributed by atoms with Gasteiger partial charge in [-0.25, -0.2) is 9.78 Å². The van der Waals surface area contributed by atoms with Gasteiger partial charge in [0.25, 0.3) is 0 Å². The normalized spacial score (nSPS) is 10.8. The second-order valence-electron chi connectivity index (χ2n) is 4.07. The number of rotatable bonds is 2. The molecule has 2 aromatic carbocycles. The summed E-state index contributed by atoms with van der Waals surface area (Å²) in [7, 11) is 0. The SMILES string of the molecule is O=C(O)c1cccc2c1ncn2-c1cccc(I)c1. The number of hydrogen-bond acceptors (Lipinski definition) is 2. The number of fused-ring (bicyclic) bond motifs is 1. The summed E-state index contributed by atoms with van der Waals surface area (Å²) in [5.41, 5.74) is 2.49. The maximum atomic E-state index is 11.2. The molecule has 5 heteroatoms. The molecule has 94 valence electrons. The van der Waals surface area contributed by atoms with Gasteiger partial charge in [-0.3, -0.25) is 4.57 Å². The van der Waals surface area contributed by atoms with Gasteiger partial charge in [-0.05, 0) is 52.9 Å². The van der Waals surface area contributed by atoms with E-state index in [0.717, 1.165) is 14.8 Å². The zero-order chi connectivity index (χ0) is 13.4. The number of aromatic carboxylic acids is 1. The average Bonchev–Trinajstić information content (AvgIpc) is 2.82. The monoisotopic (exact) mass is 364 g/mol. The predicted octanol–water partition coefficient (Wildman–Crippen LogP) is 3.33. The first-order chi connectivity index (χ1) is 9.16. The Morgan fingerprint density at radius 2 is 2.00 bits per heavy atom. The van der Waals surface area contributed by atoms with Gasteiger partial charge in [-0.1, -0.05) is 12.1 Å². The molecule has 0 atom stereocenters. The van der Waals surface area contributed by atoms with E-state index in [-0.39, 0.29) is 5.56 Å². The fraction of sp³-hybridized carbons (Fsp3) is 0. The summed E-state index contributed by atoms with van der Waals surface area (Å²) < 4.78 is 3.01. The molecule has 0 aliphatic rings. The first kappa shape index (κ1) is 12.2. The molecule has 0 fully saturated rings. The van der Waals surface area contributed by atoms with Gasteiger partial charge in [-0.2, -0.15) is 0 Å². The molecular formula is C14H9IN2O2. The third kappa shape index (κ3) is 2.10. The van der Waals surface area contributed by atoms with Crippen LogP contribution in [0.15, 0.2) is 48.8 Å². The molecule has 0 unspecified atom stereocenters. The van der Waals surface area contributed by atoms with Gasteiger partial charge in [-0.15, -0.1) is 0 Å². The topological polar surface area (TPSA) is 55.1 Å². The Hall–Kier alpha value is -1.89. The van der Waals surface area contributed by atoms with Gasteiger partial charge in [0.15, 0.2) is 0 Å². The Balaban J connectivity index is 2.27. The maximum absolute atomic E-state index is 11.2. The summed E-state index contributed by atoms with van der Waals surface area (Å²) in [5, 5.41) is 9.16. The second kappa shape index (κ2) is 4.65. The van der Waals surface area contributed by atoms with Crippen LogP contribution < -0.4 is 0 Å². The standard InChI is InChI=1S/C14H9IN2O2/c15-9-3-1-4-10(7-9)17-8-16-13-11(14(18)19)5-2-6-12(13)17/h1-8H,(H,18,19). The minimum absolute atomic E-state index is 0.224.